The Morgan fingerprint density at radius 2 is 1.68 bits per heavy atom. The first-order valence-electron chi connectivity index (χ1n) is 15.3. The van der Waals surface area contributed by atoms with Gasteiger partial charge in [-0.05, 0) is 48.7 Å². The fourth-order valence-electron chi connectivity index (χ4n) is 5.64. The van der Waals surface area contributed by atoms with Crippen molar-refractivity contribution in [2.75, 3.05) is 20.3 Å². The van der Waals surface area contributed by atoms with Crippen LogP contribution in [0.25, 0.3) is 10.9 Å². The number of hydrogen-bond donors (Lipinski definition) is 5. The summed E-state index contributed by atoms with van der Waals surface area (Å²) in [7, 11) is 1.45. The number of carbonyl (C=O) groups is 4. The number of methoxy groups -OCH3 is 1. The van der Waals surface area contributed by atoms with E-state index < -0.39 is 95.1 Å². The van der Waals surface area contributed by atoms with Gasteiger partial charge in [0.05, 0.1) is 25.3 Å². The van der Waals surface area contributed by atoms with Gasteiger partial charge in [-0.25, -0.2) is 13.2 Å². The highest BCUT2D eigenvalue weighted by molar-refractivity contribution is 6.02. The van der Waals surface area contributed by atoms with E-state index in [0.717, 1.165) is 6.07 Å². The summed E-state index contributed by atoms with van der Waals surface area (Å²) in [5.41, 5.74) is -0.388. The molecule has 264 valence electrons. The summed E-state index contributed by atoms with van der Waals surface area (Å²) in [5, 5.41) is 17.2. The minimum absolute atomic E-state index is 0.0425. The minimum atomic E-state index is -2.00. The van der Waals surface area contributed by atoms with E-state index in [-0.39, 0.29) is 31.5 Å². The molecule has 2 heterocycles. The molecule has 0 bridgehead atoms. The van der Waals surface area contributed by atoms with E-state index in [4.69, 9.17) is 14.6 Å². The Morgan fingerprint density at radius 1 is 0.960 bits per heavy atom. The van der Waals surface area contributed by atoms with Gasteiger partial charge < -0.3 is 35.5 Å². The fourth-order valence-corrected chi connectivity index (χ4v) is 5.64. The van der Waals surface area contributed by atoms with Crippen LogP contribution in [0.15, 0.2) is 48.5 Å². The lowest BCUT2D eigenvalue weighted by Gasteiger charge is -2.24. The van der Waals surface area contributed by atoms with Crippen LogP contribution in [0.4, 0.5) is 22.0 Å². The molecule has 16 heteroatoms. The number of benzene rings is 3. The quantitative estimate of drug-likeness (QED) is 0.0996. The highest BCUT2D eigenvalue weighted by Gasteiger charge is 2.34. The number of H-pyrrole nitrogens is 1. The van der Waals surface area contributed by atoms with Gasteiger partial charge in [0.15, 0.2) is 23.2 Å². The topological polar surface area (TPSA) is 159 Å². The van der Waals surface area contributed by atoms with Gasteiger partial charge in [-0.2, -0.15) is 8.78 Å². The number of aliphatic hydroxyl groups is 1. The first kappa shape index (κ1) is 35.8. The predicted octanol–water partition coefficient (Wildman–Crippen LogP) is 3.36. The van der Waals surface area contributed by atoms with Gasteiger partial charge >= 0.3 is 0 Å². The molecule has 50 heavy (non-hydrogen) atoms. The average Bonchev–Trinajstić information content (AvgIpc) is 3.72. The number of fused-ring (bicyclic) bond motifs is 1. The summed E-state index contributed by atoms with van der Waals surface area (Å²) in [4.78, 5) is 55.9. The minimum Gasteiger partial charge on any atom is -0.496 e. The standard InChI is InChI=1S/C34H31F5N4O7/c1-49-26-7-3-6-21-19(26)13-24(41-21)34(48)43-23(11-16-4-2-5-18(35)10-16)33(47)42-22(12-17-8-9-40-32(17)46)25(45)15-50-31-29(38)27(36)20(14-44)28(37)30(31)39/h2-7,10,13,17,22-23,41,44H,8-9,11-12,14-15H2,1H3,(H,40,46)(H,42,47)(H,43,48)/t17-,22-,23+/m0/s1. The van der Waals surface area contributed by atoms with Crippen LogP contribution in [0.5, 0.6) is 11.5 Å². The Kier molecular flexibility index (Phi) is 11.0. The first-order chi connectivity index (χ1) is 23.9. The molecule has 0 spiro atoms. The number of aromatic amines is 1. The van der Waals surface area contributed by atoms with Crippen LogP contribution in [0.1, 0.15) is 34.5 Å². The third kappa shape index (κ3) is 7.70. The monoisotopic (exact) mass is 702 g/mol. The number of carbonyl (C=O) groups excluding carboxylic acids is 4. The van der Waals surface area contributed by atoms with Gasteiger partial charge in [0, 0.05) is 29.8 Å². The van der Waals surface area contributed by atoms with Gasteiger partial charge in [-0.1, -0.05) is 18.2 Å². The highest BCUT2D eigenvalue weighted by atomic mass is 19.2. The number of rotatable bonds is 14. The summed E-state index contributed by atoms with van der Waals surface area (Å²) in [6.45, 7) is -2.29. The number of Topliss-reactive ketones (excluding diaryl/α,β-unsaturated/α-hetero) is 1. The molecular formula is C34H31F5N4O7. The molecule has 5 N–H and O–H groups in total. The number of aliphatic hydroxyl groups excluding tert-OH is 1. The lowest BCUT2D eigenvalue weighted by atomic mass is 9.95. The maximum absolute atomic E-state index is 14.5. The van der Waals surface area contributed by atoms with E-state index >= 15 is 0 Å². The van der Waals surface area contributed by atoms with Crippen molar-refractivity contribution < 1.29 is 55.7 Å². The molecule has 1 fully saturated rings. The molecule has 3 aromatic carbocycles. The summed E-state index contributed by atoms with van der Waals surface area (Å²) >= 11 is 0. The van der Waals surface area contributed by atoms with Crippen LogP contribution in [0, 0.1) is 35.0 Å². The van der Waals surface area contributed by atoms with Crippen molar-refractivity contribution in [1.82, 2.24) is 20.9 Å². The Bertz CT molecular complexity index is 1920. The highest BCUT2D eigenvalue weighted by Crippen LogP contribution is 2.30. The van der Waals surface area contributed by atoms with Crippen molar-refractivity contribution in [3.8, 4) is 11.5 Å². The van der Waals surface area contributed by atoms with Crippen LogP contribution in [-0.4, -0.2) is 65.9 Å². The number of nitrogens with one attached hydrogen (secondary N) is 4. The Morgan fingerprint density at radius 3 is 2.32 bits per heavy atom. The molecule has 3 amide bonds. The largest absolute Gasteiger partial charge is 0.496 e. The Balaban J connectivity index is 1.40. The third-order valence-electron chi connectivity index (χ3n) is 8.26. The van der Waals surface area contributed by atoms with Gasteiger partial charge in [0.2, 0.25) is 23.4 Å². The van der Waals surface area contributed by atoms with Crippen molar-refractivity contribution >= 4 is 34.4 Å². The normalized spacial score (nSPS) is 15.3. The van der Waals surface area contributed by atoms with Crippen LogP contribution < -0.4 is 25.4 Å². The summed E-state index contributed by atoms with van der Waals surface area (Å²) in [6.07, 6.45) is -0.291. The molecule has 5 rings (SSSR count). The van der Waals surface area contributed by atoms with Gasteiger partial charge in [0.25, 0.3) is 5.91 Å². The predicted molar refractivity (Wildman–Crippen MR) is 167 cm³/mol. The van der Waals surface area contributed by atoms with Crippen LogP contribution in [0.3, 0.4) is 0 Å². The van der Waals surface area contributed by atoms with E-state index in [1.807, 2.05) is 0 Å². The van der Waals surface area contributed by atoms with Crippen molar-refractivity contribution in [3.05, 3.63) is 94.4 Å². The third-order valence-corrected chi connectivity index (χ3v) is 8.26. The fraction of sp³-hybridized carbons (Fsp3) is 0.294. The second kappa shape index (κ2) is 15.4. The van der Waals surface area contributed by atoms with E-state index in [1.165, 1.54) is 31.4 Å². The van der Waals surface area contributed by atoms with Crippen LogP contribution in [-0.2, 0) is 27.4 Å². The number of aromatic nitrogens is 1. The van der Waals surface area contributed by atoms with E-state index in [9.17, 15) is 41.1 Å². The molecule has 3 atom stereocenters. The lowest BCUT2D eigenvalue weighted by Crippen LogP contribution is -2.53. The maximum atomic E-state index is 14.5. The molecule has 1 aliphatic rings. The molecule has 4 aromatic rings. The molecule has 0 aliphatic carbocycles. The summed E-state index contributed by atoms with van der Waals surface area (Å²) in [6, 6.07) is 8.81. The van der Waals surface area contributed by atoms with E-state index in [0.29, 0.717) is 22.2 Å². The molecule has 0 radical (unpaired) electrons. The number of ether oxygens (including phenoxy) is 2. The van der Waals surface area contributed by atoms with Crippen molar-refractivity contribution in [3.63, 3.8) is 0 Å². The number of halogens is 5. The zero-order valence-electron chi connectivity index (χ0n) is 26.4. The van der Waals surface area contributed by atoms with Crippen molar-refractivity contribution in [1.29, 1.82) is 0 Å². The molecule has 1 aliphatic heterocycles. The molecule has 0 saturated carbocycles. The molecular weight excluding hydrogens is 671 g/mol. The smallest absolute Gasteiger partial charge is 0.268 e. The van der Waals surface area contributed by atoms with Crippen LogP contribution >= 0.6 is 0 Å². The second-order valence-corrected chi connectivity index (χ2v) is 11.5. The molecule has 1 saturated heterocycles. The molecule has 1 aromatic heterocycles. The first-order valence-corrected chi connectivity index (χ1v) is 15.3. The van der Waals surface area contributed by atoms with Crippen molar-refractivity contribution in [2.45, 2.75) is 38.0 Å². The number of hydrogen-bond acceptors (Lipinski definition) is 7. The Hall–Kier alpha value is -5.51. The van der Waals surface area contributed by atoms with Crippen LogP contribution in [0.2, 0.25) is 0 Å². The zero-order chi connectivity index (χ0) is 36.1. The summed E-state index contributed by atoms with van der Waals surface area (Å²) in [5.74, 6) is -13.5. The SMILES string of the molecule is COc1cccc2[nH]c(C(=O)N[C@H](Cc3cccc(F)c3)C(=O)N[C@@H](C[C@@H]3CCNC3=O)C(=O)COc3c(F)c(F)c(CO)c(F)c3F)cc12. The number of ketones is 1. The number of amides is 3. The molecule has 11 nitrogen and oxygen atoms in total. The maximum Gasteiger partial charge on any atom is 0.268 e. The molecule has 0 unspecified atom stereocenters. The average molecular weight is 703 g/mol. The van der Waals surface area contributed by atoms with Crippen molar-refractivity contribution in [2.24, 2.45) is 5.92 Å². The Labute approximate surface area is 281 Å². The van der Waals surface area contributed by atoms with Gasteiger partial charge in [-0.3, -0.25) is 19.2 Å². The zero-order valence-corrected chi connectivity index (χ0v) is 26.4. The van der Waals surface area contributed by atoms with Gasteiger partial charge in [0.1, 0.15) is 29.9 Å². The lowest BCUT2D eigenvalue weighted by molar-refractivity contribution is -0.131. The van der Waals surface area contributed by atoms with Gasteiger partial charge in [-0.15, -0.1) is 0 Å². The summed E-state index contributed by atoms with van der Waals surface area (Å²) < 4.78 is 81.7. The van der Waals surface area contributed by atoms with E-state index in [1.54, 1.807) is 18.2 Å². The van der Waals surface area contributed by atoms with E-state index in [2.05, 4.69) is 20.9 Å². The second-order valence-electron chi connectivity index (χ2n) is 11.5.